The molecule has 2 aromatic carbocycles. The number of carbonyl (C=O) groups is 2. The van der Waals surface area contributed by atoms with Gasteiger partial charge in [0.1, 0.15) is 23.9 Å². The molecular weight excluding hydrogens is 507 g/mol. The van der Waals surface area contributed by atoms with Crippen LogP contribution in [0.2, 0.25) is 0 Å². The SMILES string of the molecule is Cc1ccccc1-n1nc(-c2cccs2)c2c1N(CC(=O)NC1CC1)C(=O)CS[C@@H]2c1ccccc1F. The van der Waals surface area contributed by atoms with E-state index in [1.54, 1.807) is 28.2 Å². The largest absolute Gasteiger partial charge is 0.352 e. The van der Waals surface area contributed by atoms with E-state index in [9.17, 15) is 9.59 Å². The summed E-state index contributed by atoms with van der Waals surface area (Å²) >= 11 is 2.91. The number of amides is 2. The van der Waals surface area contributed by atoms with Crippen molar-refractivity contribution in [1.29, 1.82) is 0 Å². The zero-order valence-corrected chi connectivity index (χ0v) is 21.8. The summed E-state index contributed by atoms with van der Waals surface area (Å²) in [5.74, 6) is -0.108. The fraction of sp³-hybridized carbons (Fsp3) is 0.250. The molecule has 1 fully saturated rings. The van der Waals surface area contributed by atoms with E-state index in [1.807, 2.05) is 54.8 Å². The van der Waals surface area contributed by atoms with Gasteiger partial charge in [-0.25, -0.2) is 9.07 Å². The van der Waals surface area contributed by atoms with Gasteiger partial charge in [0, 0.05) is 17.2 Å². The number of halogens is 1. The van der Waals surface area contributed by atoms with E-state index in [2.05, 4.69) is 5.32 Å². The van der Waals surface area contributed by atoms with Crippen molar-refractivity contribution in [3.63, 3.8) is 0 Å². The first kappa shape index (κ1) is 23.9. The van der Waals surface area contributed by atoms with Crippen molar-refractivity contribution in [2.75, 3.05) is 17.2 Å². The number of rotatable bonds is 6. The zero-order chi connectivity index (χ0) is 25.5. The van der Waals surface area contributed by atoms with Gasteiger partial charge in [0.2, 0.25) is 11.8 Å². The van der Waals surface area contributed by atoms with E-state index < -0.39 is 5.25 Å². The minimum atomic E-state index is -0.480. The highest BCUT2D eigenvalue weighted by atomic mass is 32.2. The number of nitrogens with one attached hydrogen (secondary N) is 1. The minimum absolute atomic E-state index is 0.113. The predicted molar refractivity (Wildman–Crippen MR) is 146 cm³/mol. The Kier molecular flexibility index (Phi) is 6.34. The molecule has 0 unspecified atom stereocenters. The van der Waals surface area contributed by atoms with Gasteiger partial charge in [-0.05, 0) is 48.9 Å². The molecule has 0 spiro atoms. The van der Waals surface area contributed by atoms with Crippen LogP contribution in [0.1, 0.15) is 34.8 Å². The summed E-state index contributed by atoms with van der Waals surface area (Å²) in [7, 11) is 0. The third kappa shape index (κ3) is 4.57. The smallest absolute Gasteiger partial charge is 0.240 e. The van der Waals surface area contributed by atoms with Gasteiger partial charge in [0.05, 0.1) is 21.6 Å². The molecule has 4 aromatic rings. The third-order valence-electron chi connectivity index (χ3n) is 6.62. The topological polar surface area (TPSA) is 67.2 Å². The van der Waals surface area contributed by atoms with E-state index in [-0.39, 0.29) is 36.0 Å². The lowest BCUT2D eigenvalue weighted by Crippen LogP contribution is -2.43. The highest BCUT2D eigenvalue weighted by Crippen LogP contribution is 2.49. The van der Waals surface area contributed by atoms with Crippen molar-refractivity contribution in [2.45, 2.75) is 31.1 Å². The lowest BCUT2D eigenvalue weighted by atomic mass is 10.0. The molecule has 3 heterocycles. The molecule has 6 nitrogen and oxygen atoms in total. The molecular formula is C28H25FN4O2S2. The summed E-state index contributed by atoms with van der Waals surface area (Å²) in [6.07, 6.45) is 1.92. The number of hydrogen-bond acceptors (Lipinski definition) is 5. The summed E-state index contributed by atoms with van der Waals surface area (Å²) in [4.78, 5) is 29.1. The van der Waals surface area contributed by atoms with Crippen molar-refractivity contribution in [1.82, 2.24) is 15.1 Å². The third-order valence-corrected chi connectivity index (χ3v) is 8.73. The van der Waals surface area contributed by atoms with Crippen LogP contribution >= 0.6 is 23.1 Å². The quantitative estimate of drug-likeness (QED) is 0.356. The van der Waals surface area contributed by atoms with E-state index in [0.717, 1.165) is 34.5 Å². The second kappa shape index (κ2) is 9.79. The van der Waals surface area contributed by atoms with Crippen molar-refractivity contribution in [3.8, 4) is 16.3 Å². The van der Waals surface area contributed by atoms with Gasteiger partial charge in [-0.3, -0.25) is 14.5 Å². The van der Waals surface area contributed by atoms with Crippen molar-refractivity contribution in [2.24, 2.45) is 0 Å². The molecule has 9 heteroatoms. The summed E-state index contributed by atoms with van der Waals surface area (Å²) in [5.41, 5.74) is 3.70. The number of nitrogens with zero attached hydrogens (tertiary/aromatic N) is 3. The Bertz CT molecular complexity index is 1480. The van der Waals surface area contributed by atoms with Crippen LogP contribution in [0.5, 0.6) is 0 Å². The number of aromatic nitrogens is 2. The molecule has 37 heavy (non-hydrogen) atoms. The number of benzene rings is 2. The Morgan fingerprint density at radius 3 is 2.62 bits per heavy atom. The standard InChI is InChI=1S/C28H25FN4O2S2/c1-17-7-2-5-10-21(17)33-28-25(26(31-33)22-11-6-14-36-22)27(19-8-3-4-9-20(19)29)37-16-24(35)32(28)15-23(34)30-18-12-13-18/h2-11,14,18,27H,12-13,15-16H2,1H3,(H,30,34)/t27-/m1/s1. The van der Waals surface area contributed by atoms with Gasteiger partial charge < -0.3 is 5.32 Å². The number of hydrogen-bond donors (Lipinski definition) is 1. The summed E-state index contributed by atoms with van der Waals surface area (Å²) in [6, 6.07) is 18.6. The average molecular weight is 533 g/mol. The van der Waals surface area contributed by atoms with E-state index in [0.29, 0.717) is 17.1 Å². The minimum Gasteiger partial charge on any atom is -0.352 e. The molecule has 1 N–H and O–H groups in total. The maximum Gasteiger partial charge on any atom is 0.240 e. The zero-order valence-electron chi connectivity index (χ0n) is 20.2. The Morgan fingerprint density at radius 1 is 1.11 bits per heavy atom. The van der Waals surface area contributed by atoms with Crippen LogP contribution in [0.25, 0.3) is 16.3 Å². The highest BCUT2D eigenvalue weighted by molar-refractivity contribution is 8.00. The number of para-hydroxylation sites is 1. The first-order valence-electron chi connectivity index (χ1n) is 12.2. The van der Waals surface area contributed by atoms with Gasteiger partial charge in [0.15, 0.2) is 0 Å². The normalized spacial score (nSPS) is 17.4. The Morgan fingerprint density at radius 2 is 1.89 bits per heavy atom. The molecule has 1 atom stereocenters. The molecule has 0 saturated heterocycles. The maximum atomic E-state index is 15.2. The van der Waals surface area contributed by atoms with Crippen LogP contribution in [0.3, 0.4) is 0 Å². The Hall–Kier alpha value is -3.43. The van der Waals surface area contributed by atoms with Gasteiger partial charge >= 0.3 is 0 Å². The lowest BCUT2D eigenvalue weighted by Gasteiger charge is -2.23. The Labute approximate surface area is 222 Å². The van der Waals surface area contributed by atoms with Gasteiger partial charge in [-0.15, -0.1) is 23.1 Å². The maximum absolute atomic E-state index is 15.2. The van der Waals surface area contributed by atoms with Gasteiger partial charge in [-0.1, -0.05) is 42.5 Å². The summed E-state index contributed by atoms with van der Waals surface area (Å²) in [5, 5.41) is 9.54. The van der Waals surface area contributed by atoms with Crippen LogP contribution in [0, 0.1) is 12.7 Å². The number of fused-ring (bicyclic) bond motifs is 1. The second-order valence-electron chi connectivity index (χ2n) is 9.30. The molecule has 1 aliphatic heterocycles. The number of thioether (sulfide) groups is 1. The molecule has 0 bridgehead atoms. The molecule has 1 aliphatic carbocycles. The Balaban J connectivity index is 1.62. The number of carbonyl (C=O) groups excluding carboxylic acids is 2. The molecule has 2 amide bonds. The molecule has 2 aliphatic rings. The van der Waals surface area contributed by atoms with Crippen molar-refractivity contribution in [3.05, 3.63) is 88.6 Å². The first-order chi connectivity index (χ1) is 18.0. The second-order valence-corrected chi connectivity index (χ2v) is 11.3. The van der Waals surface area contributed by atoms with Crippen LogP contribution in [0.15, 0.2) is 66.0 Å². The number of thiophene rings is 1. The monoisotopic (exact) mass is 532 g/mol. The van der Waals surface area contributed by atoms with Crippen LogP contribution < -0.4 is 10.2 Å². The summed E-state index contributed by atoms with van der Waals surface area (Å²) in [6.45, 7) is 1.87. The van der Waals surface area contributed by atoms with Crippen LogP contribution in [0.4, 0.5) is 10.2 Å². The average Bonchev–Trinajstić information content (AvgIpc) is 3.41. The van der Waals surface area contributed by atoms with Gasteiger partial charge in [-0.2, -0.15) is 5.10 Å². The van der Waals surface area contributed by atoms with E-state index in [4.69, 9.17) is 5.10 Å². The van der Waals surface area contributed by atoms with Crippen LogP contribution in [-0.4, -0.2) is 39.9 Å². The molecule has 0 radical (unpaired) electrons. The predicted octanol–water partition coefficient (Wildman–Crippen LogP) is 5.50. The fourth-order valence-electron chi connectivity index (χ4n) is 4.66. The van der Waals surface area contributed by atoms with Crippen molar-refractivity contribution < 1.29 is 14.0 Å². The fourth-order valence-corrected chi connectivity index (χ4v) is 6.60. The van der Waals surface area contributed by atoms with E-state index >= 15 is 4.39 Å². The first-order valence-corrected chi connectivity index (χ1v) is 14.1. The summed E-state index contributed by atoms with van der Waals surface area (Å²) < 4.78 is 17.0. The number of aryl methyl sites for hydroxylation is 1. The van der Waals surface area contributed by atoms with Gasteiger partial charge in [0.25, 0.3) is 0 Å². The number of anilines is 1. The molecule has 2 aromatic heterocycles. The van der Waals surface area contributed by atoms with Crippen molar-refractivity contribution >= 4 is 40.7 Å². The lowest BCUT2D eigenvalue weighted by molar-refractivity contribution is -0.123. The van der Waals surface area contributed by atoms with Crippen LogP contribution in [-0.2, 0) is 9.59 Å². The highest BCUT2D eigenvalue weighted by Gasteiger charge is 2.39. The molecule has 6 rings (SSSR count). The van der Waals surface area contributed by atoms with E-state index in [1.165, 1.54) is 22.7 Å². The molecule has 188 valence electrons. The molecule has 1 saturated carbocycles.